The van der Waals surface area contributed by atoms with Crippen molar-refractivity contribution in [1.29, 1.82) is 0 Å². The van der Waals surface area contributed by atoms with Crippen molar-refractivity contribution in [3.8, 4) is 5.88 Å². The molecule has 1 heterocycles. The number of rotatable bonds is 4. The third kappa shape index (κ3) is 3.77. The van der Waals surface area contributed by atoms with Gasteiger partial charge in [0.2, 0.25) is 5.88 Å². The molecule has 3 N–H and O–H groups in total. The number of aromatic hydroxyl groups is 1. The summed E-state index contributed by atoms with van der Waals surface area (Å²) in [6.45, 7) is 1.71. The second kappa shape index (κ2) is 7.47. The summed E-state index contributed by atoms with van der Waals surface area (Å²) in [6, 6.07) is 8.16. The number of benzene rings is 1. The van der Waals surface area contributed by atoms with Crippen LogP contribution in [0.25, 0.3) is 0 Å². The largest absolute Gasteiger partial charge is 0.494 e. The first-order valence-electron chi connectivity index (χ1n) is 7.54. The van der Waals surface area contributed by atoms with Crippen LogP contribution in [0, 0.1) is 0 Å². The van der Waals surface area contributed by atoms with Crippen LogP contribution in [0.3, 0.4) is 0 Å². The summed E-state index contributed by atoms with van der Waals surface area (Å²) in [5.74, 6) is -0.501. The molecule has 2 aromatic rings. The molecule has 0 aliphatic rings. The number of aromatic nitrogens is 2. The molecule has 2 rings (SSSR count). The molecular formula is C16H19N5O4. The lowest BCUT2D eigenvalue weighted by atomic mass is 10.1. The van der Waals surface area contributed by atoms with Crippen LogP contribution >= 0.6 is 0 Å². The van der Waals surface area contributed by atoms with Gasteiger partial charge in [0.25, 0.3) is 5.56 Å². The SMILES string of the molecule is CCC(=NNC(=O)Nc1ccccc1)c1c(O)n(C)c(=O)n(C)c1=O. The second-order valence-corrected chi connectivity index (χ2v) is 5.25. The van der Waals surface area contributed by atoms with Gasteiger partial charge in [-0.15, -0.1) is 0 Å². The van der Waals surface area contributed by atoms with Gasteiger partial charge in [0.1, 0.15) is 5.56 Å². The molecule has 0 aliphatic heterocycles. The van der Waals surface area contributed by atoms with E-state index in [9.17, 15) is 19.5 Å². The van der Waals surface area contributed by atoms with E-state index in [1.165, 1.54) is 14.1 Å². The van der Waals surface area contributed by atoms with E-state index in [2.05, 4.69) is 15.8 Å². The first-order chi connectivity index (χ1) is 11.9. The Morgan fingerprint density at radius 3 is 2.40 bits per heavy atom. The van der Waals surface area contributed by atoms with Gasteiger partial charge in [0.15, 0.2) is 0 Å². The van der Waals surface area contributed by atoms with Gasteiger partial charge in [-0.05, 0) is 18.6 Å². The van der Waals surface area contributed by atoms with Crippen LogP contribution in [0.1, 0.15) is 18.9 Å². The zero-order valence-electron chi connectivity index (χ0n) is 14.1. The molecule has 0 saturated carbocycles. The number of nitrogens with zero attached hydrogens (tertiary/aromatic N) is 3. The number of para-hydroxylation sites is 1. The molecule has 9 heteroatoms. The van der Waals surface area contributed by atoms with Crippen molar-refractivity contribution < 1.29 is 9.90 Å². The Bertz CT molecular complexity index is 928. The highest BCUT2D eigenvalue weighted by atomic mass is 16.3. The molecule has 1 aromatic carbocycles. The van der Waals surface area contributed by atoms with Gasteiger partial charge < -0.3 is 10.4 Å². The fourth-order valence-corrected chi connectivity index (χ4v) is 2.20. The summed E-state index contributed by atoms with van der Waals surface area (Å²) in [5.41, 5.74) is 1.53. The van der Waals surface area contributed by atoms with E-state index in [-0.39, 0.29) is 17.7 Å². The summed E-state index contributed by atoms with van der Waals surface area (Å²) in [4.78, 5) is 36.0. The molecule has 0 fully saturated rings. The number of hydrogen-bond donors (Lipinski definition) is 3. The fraction of sp³-hybridized carbons (Fsp3) is 0.250. The molecule has 0 atom stereocenters. The summed E-state index contributed by atoms with van der Waals surface area (Å²) in [7, 11) is 2.64. The minimum absolute atomic E-state index is 0.132. The number of hydrogen-bond acceptors (Lipinski definition) is 5. The molecule has 9 nitrogen and oxygen atoms in total. The third-order valence-electron chi connectivity index (χ3n) is 3.58. The number of anilines is 1. The molecule has 2 amide bonds. The summed E-state index contributed by atoms with van der Waals surface area (Å²) >= 11 is 0. The molecule has 0 aliphatic carbocycles. The van der Waals surface area contributed by atoms with Crippen molar-refractivity contribution in [1.82, 2.24) is 14.6 Å². The number of urea groups is 1. The van der Waals surface area contributed by atoms with Gasteiger partial charge in [-0.3, -0.25) is 13.9 Å². The van der Waals surface area contributed by atoms with Gasteiger partial charge in [0.05, 0.1) is 5.71 Å². The highest BCUT2D eigenvalue weighted by Crippen LogP contribution is 2.12. The number of amides is 2. The first-order valence-corrected chi connectivity index (χ1v) is 7.54. The molecular weight excluding hydrogens is 326 g/mol. The van der Waals surface area contributed by atoms with Gasteiger partial charge in [-0.1, -0.05) is 25.1 Å². The predicted octanol–water partition coefficient (Wildman–Crippen LogP) is 0.725. The van der Waals surface area contributed by atoms with E-state index in [0.717, 1.165) is 9.13 Å². The van der Waals surface area contributed by atoms with Crippen molar-refractivity contribution in [3.05, 3.63) is 56.7 Å². The quantitative estimate of drug-likeness (QED) is 0.559. The van der Waals surface area contributed by atoms with Crippen molar-refractivity contribution >= 4 is 17.4 Å². The van der Waals surface area contributed by atoms with Crippen LogP contribution in [0.5, 0.6) is 5.88 Å². The lowest BCUT2D eigenvalue weighted by molar-refractivity contribution is 0.252. The van der Waals surface area contributed by atoms with Gasteiger partial charge in [0, 0.05) is 19.8 Å². The Hall–Kier alpha value is -3.36. The number of hydrazone groups is 1. The van der Waals surface area contributed by atoms with Crippen LogP contribution in [0.15, 0.2) is 45.0 Å². The molecule has 0 spiro atoms. The lowest BCUT2D eigenvalue weighted by Gasteiger charge is -2.11. The highest BCUT2D eigenvalue weighted by Gasteiger charge is 2.19. The topological polar surface area (TPSA) is 118 Å². The van der Waals surface area contributed by atoms with Crippen molar-refractivity contribution in [2.75, 3.05) is 5.32 Å². The normalized spacial score (nSPS) is 11.2. The first kappa shape index (κ1) is 18.0. The van der Waals surface area contributed by atoms with Crippen molar-refractivity contribution in [3.63, 3.8) is 0 Å². The molecule has 0 bridgehead atoms. The average molecular weight is 345 g/mol. The Kier molecular flexibility index (Phi) is 5.38. The van der Waals surface area contributed by atoms with E-state index in [1.54, 1.807) is 31.2 Å². The predicted molar refractivity (Wildman–Crippen MR) is 94.0 cm³/mol. The van der Waals surface area contributed by atoms with Crippen LogP contribution in [0.4, 0.5) is 10.5 Å². The zero-order valence-corrected chi connectivity index (χ0v) is 14.1. The van der Waals surface area contributed by atoms with Crippen LogP contribution in [-0.2, 0) is 14.1 Å². The van der Waals surface area contributed by atoms with E-state index in [0.29, 0.717) is 5.69 Å². The monoisotopic (exact) mass is 345 g/mol. The molecule has 0 unspecified atom stereocenters. The maximum absolute atomic E-state index is 12.3. The fourth-order valence-electron chi connectivity index (χ4n) is 2.20. The number of carbonyl (C=O) groups excluding carboxylic acids is 1. The standard InChI is InChI=1S/C16H19N5O4/c1-4-11(12-13(22)20(2)16(25)21(3)14(12)23)18-19-15(24)17-10-8-6-5-7-9-10/h5-9,22H,4H2,1-3H3,(H2,17,19,24). The van der Waals surface area contributed by atoms with Crippen molar-refractivity contribution in [2.24, 2.45) is 19.2 Å². The van der Waals surface area contributed by atoms with Crippen LogP contribution in [0.2, 0.25) is 0 Å². The van der Waals surface area contributed by atoms with Crippen LogP contribution in [-0.4, -0.2) is 26.0 Å². The molecule has 132 valence electrons. The third-order valence-corrected chi connectivity index (χ3v) is 3.58. The summed E-state index contributed by atoms with van der Waals surface area (Å²) in [5, 5.41) is 16.6. The van der Waals surface area contributed by atoms with E-state index in [4.69, 9.17) is 0 Å². The summed E-state index contributed by atoms with van der Waals surface area (Å²) < 4.78 is 1.80. The van der Waals surface area contributed by atoms with Gasteiger partial charge in [-0.25, -0.2) is 15.0 Å². The molecule has 0 radical (unpaired) electrons. The Morgan fingerprint density at radius 2 is 1.80 bits per heavy atom. The van der Waals surface area contributed by atoms with E-state index in [1.807, 2.05) is 6.07 Å². The number of carbonyl (C=O) groups is 1. The molecule has 25 heavy (non-hydrogen) atoms. The van der Waals surface area contributed by atoms with Crippen molar-refractivity contribution in [2.45, 2.75) is 13.3 Å². The van der Waals surface area contributed by atoms with E-state index < -0.39 is 23.2 Å². The number of nitrogens with one attached hydrogen (secondary N) is 2. The minimum Gasteiger partial charge on any atom is -0.494 e. The smallest absolute Gasteiger partial charge is 0.339 e. The average Bonchev–Trinajstić information content (AvgIpc) is 2.62. The van der Waals surface area contributed by atoms with E-state index >= 15 is 0 Å². The zero-order chi connectivity index (χ0) is 18.6. The minimum atomic E-state index is -0.688. The van der Waals surface area contributed by atoms with Gasteiger partial charge in [-0.2, -0.15) is 5.10 Å². The Balaban J connectivity index is 2.31. The molecule has 0 saturated heterocycles. The molecule has 1 aromatic heterocycles. The van der Waals surface area contributed by atoms with Gasteiger partial charge >= 0.3 is 11.7 Å². The second-order valence-electron chi connectivity index (χ2n) is 5.25. The maximum atomic E-state index is 12.3. The Morgan fingerprint density at radius 1 is 1.16 bits per heavy atom. The summed E-state index contributed by atoms with van der Waals surface area (Å²) in [6.07, 6.45) is 0.257. The lowest BCUT2D eigenvalue weighted by Crippen LogP contribution is -2.40. The highest BCUT2D eigenvalue weighted by molar-refractivity contribution is 6.02. The maximum Gasteiger partial charge on any atom is 0.339 e. The van der Waals surface area contributed by atoms with Crippen LogP contribution < -0.4 is 22.0 Å². The Labute approximate surface area is 143 Å².